The predicted octanol–water partition coefficient (Wildman–Crippen LogP) is -0.684. The van der Waals surface area contributed by atoms with Crippen LogP contribution in [0.2, 0.25) is 0 Å². The average Bonchev–Trinajstić information content (AvgIpc) is 2.27. The van der Waals surface area contributed by atoms with Crippen LogP contribution in [0.15, 0.2) is 9.59 Å². The maximum atomic E-state index is 11.7. The van der Waals surface area contributed by atoms with E-state index in [4.69, 9.17) is 4.74 Å². The standard InChI is InChI=1S/C10H18N4O3/c1-7(2)17-6-5-11-8-9(15)13(3)10(16)14(4)12-8/h7H,5-6H2,1-4H3,(H,11,12). The highest BCUT2D eigenvalue weighted by Gasteiger charge is 2.07. The van der Waals surface area contributed by atoms with E-state index >= 15 is 0 Å². The first kappa shape index (κ1) is 13.4. The highest BCUT2D eigenvalue weighted by Crippen LogP contribution is 1.90. The molecule has 17 heavy (non-hydrogen) atoms. The number of ether oxygens (including phenoxy) is 1. The van der Waals surface area contributed by atoms with E-state index in [1.54, 1.807) is 0 Å². The van der Waals surface area contributed by atoms with Crippen molar-refractivity contribution in [3.63, 3.8) is 0 Å². The molecule has 0 amide bonds. The van der Waals surface area contributed by atoms with E-state index in [2.05, 4.69) is 10.4 Å². The van der Waals surface area contributed by atoms with E-state index < -0.39 is 11.2 Å². The quantitative estimate of drug-likeness (QED) is 0.692. The van der Waals surface area contributed by atoms with Gasteiger partial charge in [-0.2, -0.15) is 0 Å². The smallest absolute Gasteiger partial charge is 0.346 e. The lowest BCUT2D eigenvalue weighted by Gasteiger charge is -2.09. The van der Waals surface area contributed by atoms with Gasteiger partial charge in [-0.15, -0.1) is 5.10 Å². The molecule has 7 heteroatoms. The molecule has 0 saturated carbocycles. The zero-order valence-electron chi connectivity index (χ0n) is 10.6. The van der Waals surface area contributed by atoms with Crippen molar-refractivity contribution in [2.24, 2.45) is 14.1 Å². The number of nitrogens with zero attached hydrogens (tertiary/aromatic N) is 3. The minimum Gasteiger partial charge on any atom is -0.377 e. The second-order valence-electron chi connectivity index (χ2n) is 3.97. The van der Waals surface area contributed by atoms with Crippen LogP contribution in [-0.2, 0) is 18.8 Å². The van der Waals surface area contributed by atoms with Gasteiger partial charge in [0.15, 0.2) is 0 Å². The molecule has 0 aliphatic carbocycles. The Morgan fingerprint density at radius 2 is 2.00 bits per heavy atom. The summed E-state index contributed by atoms with van der Waals surface area (Å²) in [5.74, 6) is 0.155. The van der Waals surface area contributed by atoms with Gasteiger partial charge in [-0.3, -0.25) is 9.36 Å². The third kappa shape index (κ3) is 3.42. The predicted molar refractivity (Wildman–Crippen MR) is 64.3 cm³/mol. The Balaban J connectivity index is 2.73. The number of rotatable bonds is 5. The molecule has 0 bridgehead atoms. The third-order valence-corrected chi connectivity index (χ3v) is 2.17. The summed E-state index contributed by atoms with van der Waals surface area (Å²) in [5.41, 5.74) is -0.878. The van der Waals surface area contributed by atoms with Gasteiger partial charge in [0.1, 0.15) is 0 Å². The van der Waals surface area contributed by atoms with Crippen LogP contribution in [0.5, 0.6) is 0 Å². The van der Waals surface area contributed by atoms with Gasteiger partial charge in [0.25, 0.3) is 5.56 Å². The summed E-state index contributed by atoms with van der Waals surface area (Å²) in [6.45, 7) is 4.82. The van der Waals surface area contributed by atoms with Crippen LogP contribution in [-0.4, -0.2) is 33.6 Å². The lowest BCUT2D eigenvalue weighted by molar-refractivity contribution is 0.0870. The van der Waals surface area contributed by atoms with Crippen LogP contribution in [0.25, 0.3) is 0 Å². The molecule has 0 spiro atoms. The van der Waals surface area contributed by atoms with Gasteiger partial charge < -0.3 is 10.1 Å². The lowest BCUT2D eigenvalue weighted by Crippen LogP contribution is -2.40. The summed E-state index contributed by atoms with van der Waals surface area (Å²) in [6, 6.07) is 0. The van der Waals surface area contributed by atoms with Gasteiger partial charge in [-0.25, -0.2) is 9.48 Å². The van der Waals surface area contributed by atoms with Gasteiger partial charge in [-0.1, -0.05) is 0 Å². The normalized spacial score (nSPS) is 10.9. The van der Waals surface area contributed by atoms with E-state index in [-0.39, 0.29) is 11.9 Å². The second kappa shape index (κ2) is 5.62. The van der Waals surface area contributed by atoms with Crippen molar-refractivity contribution in [1.82, 2.24) is 14.3 Å². The Kier molecular flexibility index (Phi) is 4.45. The Morgan fingerprint density at radius 3 is 2.59 bits per heavy atom. The van der Waals surface area contributed by atoms with Gasteiger partial charge >= 0.3 is 5.69 Å². The zero-order valence-corrected chi connectivity index (χ0v) is 10.6. The van der Waals surface area contributed by atoms with Crippen LogP contribution in [0.3, 0.4) is 0 Å². The van der Waals surface area contributed by atoms with E-state index in [0.717, 1.165) is 9.25 Å². The Bertz CT molecular complexity index is 489. The topological polar surface area (TPSA) is 78.2 Å². The van der Waals surface area contributed by atoms with Crippen molar-refractivity contribution in [2.45, 2.75) is 20.0 Å². The fourth-order valence-corrected chi connectivity index (χ4v) is 1.27. The van der Waals surface area contributed by atoms with Crippen molar-refractivity contribution < 1.29 is 4.74 Å². The lowest BCUT2D eigenvalue weighted by atomic mass is 10.5. The molecule has 0 aliphatic rings. The van der Waals surface area contributed by atoms with E-state index in [0.29, 0.717) is 13.2 Å². The first-order valence-electron chi connectivity index (χ1n) is 5.43. The zero-order chi connectivity index (χ0) is 13.0. The van der Waals surface area contributed by atoms with Crippen molar-refractivity contribution >= 4 is 5.82 Å². The maximum absolute atomic E-state index is 11.7. The number of aromatic nitrogens is 3. The fourth-order valence-electron chi connectivity index (χ4n) is 1.27. The first-order chi connectivity index (χ1) is 7.93. The van der Waals surface area contributed by atoms with Gasteiger partial charge in [0.2, 0.25) is 5.82 Å². The number of nitrogens with one attached hydrogen (secondary N) is 1. The average molecular weight is 242 g/mol. The van der Waals surface area contributed by atoms with Gasteiger partial charge in [0, 0.05) is 20.6 Å². The number of anilines is 1. The first-order valence-corrected chi connectivity index (χ1v) is 5.43. The Labute approximate surface area is 99.0 Å². The SMILES string of the molecule is CC(C)OCCNc1nn(C)c(=O)n(C)c1=O. The molecule has 0 atom stereocenters. The second-order valence-corrected chi connectivity index (χ2v) is 3.97. The number of hydrogen-bond acceptors (Lipinski definition) is 5. The molecule has 1 aromatic rings. The van der Waals surface area contributed by atoms with Crippen molar-refractivity contribution in [3.05, 3.63) is 20.8 Å². The van der Waals surface area contributed by atoms with Gasteiger partial charge in [0.05, 0.1) is 12.7 Å². The number of hydrogen-bond donors (Lipinski definition) is 1. The summed E-state index contributed by atoms with van der Waals surface area (Å²) in [4.78, 5) is 23.0. The highest BCUT2D eigenvalue weighted by molar-refractivity contribution is 5.29. The Hall–Kier alpha value is -1.63. The van der Waals surface area contributed by atoms with E-state index in [1.807, 2.05) is 13.8 Å². The summed E-state index contributed by atoms with van der Waals surface area (Å²) in [6.07, 6.45) is 0.146. The molecule has 96 valence electrons. The summed E-state index contributed by atoms with van der Waals surface area (Å²) < 4.78 is 7.45. The molecular formula is C10H18N4O3. The molecule has 1 heterocycles. The number of aryl methyl sites for hydroxylation is 1. The minimum absolute atomic E-state index is 0.146. The third-order valence-electron chi connectivity index (χ3n) is 2.17. The van der Waals surface area contributed by atoms with Crippen LogP contribution in [0, 0.1) is 0 Å². The molecule has 0 unspecified atom stereocenters. The molecule has 0 radical (unpaired) electrons. The van der Waals surface area contributed by atoms with Crippen LogP contribution in [0.4, 0.5) is 5.82 Å². The molecule has 7 nitrogen and oxygen atoms in total. The van der Waals surface area contributed by atoms with Crippen molar-refractivity contribution in [3.8, 4) is 0 Å². The van der Waals surface area contributed by atoms with Gasteiger partial charge in [-0.05, 0) is 13.8 Å². The summed E-state index contributed by atoms with van der Waals surface area (Å²) in [5, 5.41) is 6.70. The summed E-state index contributed by atoms with van der Waals surface area (Å²) in [7, 11) is 2.92. The molecule has 0 aromatic carbocycles. The van der Waals surface area contributed by atoms with Crippen molar-refractivity contribution in [1.29, 1.82) is 0 Å². The monoisotopic (exact) mass is 242 g/mol. The van der Waals surface area contributed by atoms with E-state index in [1.165, 1.54) is 14.1 Å². The van der Waals surface area contributed by atoms with E-state index in [9.17, 15) is 9.59 Å². The summed E-state index contributed by atoms with van der Waals surface area (Å²) >= 11 is 0. The van der Waals surface area contributed by atoms with Crippen molar-refractivity contribution in [2.75, 3.05) is 18.5 Å². The molecule has 0 aliphatic heterocycles. The molecule has 1 aromatic heterocycles. The minimum atomic E-state index is -0.445. The van der Waals surface area contributed by atoms with Crippen LogP contribution in [0.1, 0.15) is 13.8 Å². The Morgan fingerprint density at radius 1 is 1.35 bits per heavy atom. The molecular weight excluding hydrogens is 224 g/mol. The van der Waals surface area contributed by atoms with Crippen LogP contribution >= 0.6 is 0 Å². The molecule has 0 saturated heterocycles. The molecule has 1 rings (SSSR count). The maximum Gasteiger partial charge on any atom is 0.346 e. The fraction of sp³-hybridized carbons (Fsp3) is 0.700. The molecule has 1 N–H and O–H groups in total. The molecule has 0 fully saturated rings. The van der Waals surface area contributed by atoms with Crippen LogP contribution < -0.4 is 16.6 Å². The largest absolute Gasteiger partial charge is 0.377 e. The highest BCUT2D eigenvalue weighted by atomic mass is 16.5.